The lowest BCUT2D eigenvalue weighted by atomic mass is 9.97. The molecule has 2 atom stereocenters. The van der Waals surface area contributed by atoms with Crippen LogP contribution in [-0.4, -0.2) is 42.7 Å². The zero-order chi connectivity index (χ0) is 10.4. The number of thioether (sulfide) groups is 1. The average molecular weight is 220 g/mol. The first-order valence-corrected chi connectivity index (χ1v) is 6.18. The molecule has 14 heavy (non-hydrogen) atoms. The van der Waals surface area contributed by atoms with Crippen molar-refractivity contribution in [3.63, 3.8) is 0 Å². The van der Waals surface area contributed by atoms with Gasteiger partial charge in [-0.15, -0.1) is 0 Å². The Morgan fingerprint density at radius 3 is 2.50 bits per heavy atom. The molecule has 4 heteroatoms. The van der Waals surface area contributed by atoms with Crippen LogP contribution in [0.25, 0.3) is 0 Å². The first kappa shape index (κ1) is 12.3. The van der Waals surface area contributed by atoms with Gasteiger partial charge in [-0.2, -0.15) is 11.8 Å². The van der Waals surface area contributed by atoms with E-state index in [1.54, 1.807) is 26.0 Å². The van der Waals surface area contributed by atoms with Gasteiger partial charge in [-0.05, 0) is 12.8 Å². The second kappa shape index (κ2) is 6.67. The van der Waals surface area contributed by atoms with E-state index in [0.29, 0.717) is 5.25 Å². The lowest BCUT2D eigenvalue weighted by molar-refractivity contribution is -0.0843. The minimum atomic E-state index is -0.144. The Labute approximate surface area is 90.2 Å². The number of aliphatic hydroxyl groups is 1. The maximum Gasteiger partial charge on any atom is 0.165 e. The van der Waals surface area contributed by atoms with E-state index >= 15 is 0 Å². The minimum absolute atomic E-state index is 0.136. The predicted octanol–water partition coefficient (Wildman–Crippen LogP) is 1.64. The molecule has 84 valence electrons. The van der Waals surface area contributed by atoms with Crippen molar-refractivity contribution in [1.82, 2.24) is 0 Å². The third kappa shape index (κ3) is 3.77. The lowest BCUT2D eigenvalue weighted by Crippen LogP contribution is -2.29. The maximum absolute atomic E-state index is 9.72. The van der Waals surface area contributed by atoms with Crippen LogP contribution < -0.4 is 0 Å². The molecule has 0 bridgehead atoms. The van der Waals surface area contributed by atoms with Crippen molar-refractivity contribution in [1.29, 1.82) is 0 Å². The predicted molar refractivity (Wildman–Crippen MR) is 58.5 cm³/mol. The second-order valence-corrected chi connectivity index (χ2v) is 4.90. The summed E-state index contributed by atoms with van der Waals surface area (Å²) >= 11 is 1.76. The van der Waals surface area contributed by atoms with Crippen LogP contribution >= 0.6 is 11.8 Å². The van der Waals surface area contributed by atoms with Gasteiger partial charge in [0.05, 0.1) is 6.10 Å². The van der Waals surface area contributed by atoms with Crippen LogP contribution in [0.1, 0.15) is 25.7 Å². The maximum atomic E-state index is 9.72. The summed E-state index contributed by atoms with van der Waals surface area (Å²) in [5.74, 6) is 0.800. The Bertz CT molecular complexity index is 150. The third-order valence-electron chi connectivity index (χ3n) is 2.64. The van der Waals surface area contributed by atoms with Crippen molar-refractivity contribution in [2.45, 2.75) is 43.3 Å². The molecule has 0 unspecified atom stereocenters. The normalized spacial score (nSPS) is 28.3. The summed E-state index contributed by atoms with van der Waals surface area (Å²) in [6.07, 6.45) is 4.18. The zero-order valence-corrected chi connectivity index (χ0v) is 9.76. The van der Waals surface area contributed by atoms with Gasteiger partial charge in [0.2, 0.25) is 0 Å². The molecule has 1 aliphatic carbocycles. The molecule has 1 rings (SSSR count). The van der Waals surface area contributed by atoms with Crippen LogP contribution in [0.4, 0.5) is 0 Å². The minimum Gasteiger partial charge on any atom is -0.392 e. The van der Waals surface area contributed by atoms with Gasteiger partial charge in [0.15, 0.2) is 6.29 Å². The van der Waals surface area contributed by atoms with E-state index < -0.39 is 0 Å². The van der Waals surface area contributed by atoms with Gasteiger partial charge in [-0.1, -0.05) is 12.8 Å². The van der Waals surface area contributed by atoms with E-state index in [1.807, 2.05) is 0 Å². The van der Waals surface area contributed by atoms with Gasteiger partial charge in [0.25, 0.3) is 0 Å². The number of hydrogen-bond acceptors (Lipinski definition) is 4. The van der Waals surface area contributed by atoms with Crippen molar-refractivity contribution >= 4 is 11.8 Å². The Kier molecular flexibility index (Phi) is 5.86. The molecule has 1 saturated carbocycles. The van der Waals surface area contributed by atoms with E-state index in [4.69, 9.17) is 9.47 Å². The summed E-state index contributed by atoms with van der Waals surface area (Å²) in [5.41, 5.74) is 0. The molecule has 0 aliphatic heterocycles. The third-order valence-corrected chi connectivity index (χ3v) is 4.08. The van der Waals surface area contributed by atoms with Crippen LogP contribution in [0.5, 0.6) is 0 Å². The van der Waals surface area contributed by atoms with E-state index in [9.17, 15) is 5.11 Å². The van der Waals surface area contributed by atoms with Crippen LogP contribution in [0.15, 0.2) is 0 Å². The summed E-state index contributed by atoms with van der Waals surface area (Å²) in [6.45, 7) is 0. The van der Waals surface area contributed by atoms with Crippen molar-refractivity contribution < 1.29 is 14.6 Å². The van der Waals surface area contributed by atoms with Gasteiger partial charge in [0.1, 0.15) is 0 Å². The van der Waals surface area contributed by atoms with E-state index in [0.717, 1.165) is 25.0 Å². The quantitative estimate of drug-likeness (QED) is 0.715. The number of aliphatic hydroxyl groups excluding tert-OH is 1. The molecule has 1 aliphatic rings. The summed E-state index contributed by atoms with van der Waals surface area (Å²) < 4.78 is 10.2. The highest BCUT2D eigenvalue weighted by atomic mass is 32.2. The number of hydrogen-bond donors (Lipinski definition) is 1. The van der Waals surface area contributed by atoms with Crippen molar-refractivity contribution in [3.05, 3.63) is 0 Å². The molecule has 0 radical (unpaired) electrons. The molecule has 0 heterocycles. The summed E-state index contributed by atoms with van der Waals surface area (Å²) in [7, 11) is 3.29. The Hall–Kier alpha value is 0.230. The molecule has 0 amide bonds. The zero-order valence-electron chi connectivity index (χ0n) is 8.94. The standard InChI is InChI=1S/C10H20O3S/c1-12-10(13-2)7-14-9-6-4-3-5-8(9)11/h8-11H,3-7H2,1-2H3/t8-,9-/m1/s1. The number of rotatable bonds is 5. The summed E-state index contributed by atoms with van der Waals surface area (Å²) in [6, 6.07) is 0. The Morgan fingerprint density at radius 2 is 1.93 bits per heavy atom. The molecule has 0 aromatic heterocycles. The fraction of sp³-hybridized carbons (Fsp3) is 1.00. The van der Waals surface area contributed by atoms with E-state index in [-0.39, 0.29) is 12.4 Å². The molecule has 0 aromatic rings. The van der Waals surface area contributed by atoms with Gasteiger partial charge in [-0.3, -0.25) is 0 Å². The number of methoxy groups -OCH3 is 2. The lowest BCUT2D eigenvalue weighted by Gasteiger charge is -2.27. The Morgan fingerprint density at radius 1 is 1.29 bits per heavy atom. The largest absolute Gasteiger partial charge is 0.392 e. The average Bonchev–Trinajstić information content (AvgIpc) is 2.22. The fourth-order valence-corrected chi connectivity index (χ4v) is 3.07. The molecule has 1 N–H and O–H groups in total. The highest BCUT2D eigenvalue weighted by Crippen LogP contribution is 2.29. The fourth-order valence-electron chi connectivity index (χ4n) is 1.71. The molecule has 0 saturated heterocycles. The van der Waals surface area contributed by atoms with Crippen LogP contribution in [0.2, 0.25) is 0 Å². The van der Waals surface area contributed by atoms with Crippen molar-refractivity contribution in [2.24, 2.45) is 0 Å². The van der Waals surface area contributed by atoms with Crippen LogP contribution in [-0.2, 0) is 9.47 Å². The highest BCUT2D eigenvalue weighted by molar-refractivity contribution is 8.00. The highest BCUT2D eigenvalue weighted by Gasteiger charge is 2.24. The first-order chi connectivity index (χ1) is 6.77. The molecule has 0 aromatic carbocycles. The van der Waals surface area contributed by atoms with Crippen LogP contribution in [0, 0.1) is 0 Å². The number of ether oxygens (including phenoxy) is 2. The second-order valence-electron chi connectivity index (χ2n) is 3.62. The molecule has 3 nitrogen and oxygen atoms in total. The van der Waals surface area contributed by atoms with Gasteiger partial charge >= 0.3 is 0 Å². The SMILES string of the molecule is COC(CS[C@@H]1CCCC[C@H]1O)OC. The molecular weight excluding hydrogens is 200 g/mol. The molecular formula is C10H20O3S. The topological polar surface area (TPSA) is 38.7 Å². The first-order valence-electron chi connectivity index (χ1n) is 5.13. The van der Waals surface area contributed by atoms with Crippen LogP contribution in [0.3, 0.4) is 0 Å². The van der Waals surface area contributed by atoms with E-state index in [2.05, 4.69) is 0 Å². The van der Waals surface area contributed by atoms with Crippen molar-refractivity contribution in [3.8, 4) is 0 Å². The monoisotopic (exact) mass is 220 g/mol. The molecule has 1 fully saturated rings. The molecule has 0 spiro atoms. The van der Waals surface area contributed by atoms with Gasteiger partial charge in [0, 0.05) is 25.2 Å². The Balaban J connectivity index is 2.21. The van der Waals surface area contributed by atoms with Crippen molar-refractivity contribution in [2.75, 3.05) is 20.0 Å². The summed E-state index contributed by atoms with van der Waals surface area (Å²) in [5, 5.41) is 10.1. The van der Waals surface area contributed by atoms with E-state index in [1.165, 1.54) is 6.42 Å². The van der Waals surface area contributed by atoms with Gasteiger partial charge < -0.3 is 14.6 Å². The summed E-state index contributed by atoms with van der Waals surface area (Å²) in [4.78, 5) is 0. The smallest absolute Gasteiger partial charge is 0.165 e. The van der Waals surface area contributed by atoms with Gasteiger partial charge in [-0.25, -0.2) is 0 Å².